The fraction of sp³-hybridized carbons (Fsp3) is 0.167. The molecule has 0 aliphatic heterocycles. The highest BCUT2D eigenvalue weighted by atomic mass is 35.5. The molecule has 0 saturated carbocycles. The van der Waals surface area contributed by atoms with E-state index in [1.54, 1.807) is 12.1 Å². The van der Waals surface area contributed by atoms with Crippen LogP contribution in [0.2, 0.25) is 4.34 Å². The van der Waals surface area contributed by atoms with Crippen molar-refractivity contribution in [2.75, 3.05) is 5.73 Å². The van der Waals surface area contributed by atoms with Crippen molar-refractivity contribution in [1.82, 2.24) is 4.72 Å². The van der Waals surface area contributed by atoms with Gasteiger partial charge in [0.1, 0.15) is 5.82 Å². The second-order valence-electron chi connectivity index (χ2n) is 4.17. The molecule has 3 N–H and O–H groups in total. The minimum Gasteiger partial charge on any atom is -0.396 e. The lowest BCUT2D eigenvalue weighted by atomic mass is 10.2. The van der Waals surface area contributed by atoms with Crippen LogP contribution in [0, 0.1) is 12.7 Å². The van der Waals surface area contributed by atoms with Gasteiger partial charge in [-0.2, -0.15) is 0 Å². The van der Waals surface area contributed by atoms with Crippen molar-refractivity contribution in [3.05, 3.63) is 44.9 Å². The molecule has 1 heterocycles. The van der Waals surface area contributed by atoms with E-state index in [2.05, 4.69) is 4.72 Å². The molecule has 108 valence electrons. The van der Waals surface area contributed by atoms with Gasteiger partial charge in [-0.15, -0.1) is 11.3 Å². The average Bonchev–Trinajstić information content (AvgIpc) is 2.79. The first-order valence-electron chi connectivity index (χ1n) is 5.59. The largest absolute Gasteiger partial charge is 0.396 e. The van der Waals surface area contributed by atoms with Crippen molar-refractivity contribution in [3.63, 3.8) is 0 Å². The van der Waals surface area contributed by atoms with Crippen molar-refractivity contribution in [2.24, 2.45) is 0 Å². The van der Waals surface area contributed by atoms with E-state index < -0.39 is 15.8 Å². The predicted octanol–water partition coefficient (Wildman–Crippen LogP) is 2.91. The number of thiophene rings is 1. The maximum absolute atomic E-state index is 13.4. The molecule has 0 fully saturated rings. The van der Waals surface area contributed by atoms with Gasteiger partial charge in [-0.05, 0) is 36.8 Å². The summed E-state index contributed by atoms with van der Waals surface area (Å²) in [4.78, 5) is 0.724. The highest BCUT2D eigenvalue weighted by Gasteiger charge is 2.17. The zero-order valence-corrected chi connectivity index (χ0v) is 12.9. The number of nitrogens with two attached hydrogens (primary N) is 1. The van der Waals surface area contributed by atoms with Crippen LogP contribution >= 0.6 is 22.9 Å². The Morgan fingerprint density at radius 3 is 2.65 bits per heavy atom. The third-order valence-corrected chi connectivity index (χ3v) is 5.24. The number of halogens is 2. The fourth-order valence-electron chi connectivity index (χ4n) is 1.61. The first-order valence-corrected chi connectivity index (χ1v) is 8.27. The Labute approximate surface area is 125 Å². The number of nitrogen functional groups attached to an aromatic ring is 1. The zero-order chi connectivity index (χ0) is 14.9. The fourth-order valence-corrected chi connectivity index (χ4v) is 3.86. The predicted molar refractivity (Wildman–Crippen MR) is 78.9 cm³/mol. The molecule has 0 aliphatic rings. The highest BCUT2D eigenvalue weighted by Crippen LogP contribution is 2.23. The first-order chi connectivity index (χ1) is 9.29. The van der Waals surface area contributed by atoms with Gasteiger partial charge in [-0.25, -0.2) is 17.5 Å². The van der Waals surface area contributed by atoms with Gasteiger partial charge < -0.3 is 5.73 Å². The molecule has 1 aromatic carbocycles. The Morgan fingerprint density at radius 2 is 2.10 bits per heavy atom. The van der Waals surface area contributed by atoms with E-state index in [1.807, 2.05) is 0 Å². The van der Waals surface area contributed by atoms with E-state index in [1.165, 1.54) is 24.3 Å². The van der Waals surface area contributed by atoms with Crippen molar-refractivity contribution in [3.8, 4) is 0 Å². The smallest absolute Gasteiger partial charge is 0.240 e. The number of sulfonamides is 1. The second-order valence-corrected chi connectivity index (χ2v) is 7.74. The van der Waals surface area contributed by atoms with Gasteiger partial charge in [0.05, 0.1) is 14.9 Å². The van der Waals surface area contributed by atoms with Crippen LogP contribution in [0.15, 0.2) is 29.2 Å². The number of hydrogen-bond acceptors (Lipinski definition) is 4. The number of nitrogens with one attached hydrogen (secondary N) is 1. The summed E-state index contributed by atoms with van der Waals surface area (Å²) in [6.07, 6.45) is 0. The Kier molecular flexibility index (Phi) is 4.33. The number of rotatable bonds is 4. The van der Waals surface area contributed by atoms with Gasteiger partial charge >= 0.3 is 0 Å². The third-order valence-electron chi connectivity index (χ3n) is 2.63. The van der Waals surface area contributed by atoms with Gasteiger partial charge in [0.2, 0.25) is 10.0 Å². The van der Waals surface area contributed by atoms with Crippen LogP contribution in [0.4, 0.5) is 10.1 Å². The molecule has 8 heteroatoms. The standard InChI is InChI=1S/C12H12ClFN2O2S2/c1-7-4-9(5-10(15)12(7)14)20(17,18)16-6-8-2-3-11(13)19-8/h2-5,16H,6,15H2,1H3. The maximum Gasteiger partial charge on any atom is 0.240 e. The summed E-state index contributed by atoms with van der Waals surface area (Å²) in [5.41, 5.74) is 5.44. The molecule has 0 radical (unpaired) electrons. The Balaban J connectivity index is 2.22. The van der Waals surface area contributed by atoms with E-state index in [-0.39, 0.29) is 22.7 Å². The monoisotopic (exact) mass is 334 g/mol. The van der Waals surface area contributed by atoms with Gasteiger partial charge in [0.25, 0.3) is 0 Å². The lowest BCUT2D eigenvalue weighted by molar-refractivity contribution is 0.580. The molecule has 0 saturated heterocycles. The molecule has 20 heavy (non-hydrogen) atoms. The van der Waals surface area contributed by atoms with Gasteiger partial charge in [0, 0.05) is 11.4 Å². The van der Waals surface area contributed by atoms with Crippen LogP contribution in [-0.2, 0) is 16.6 Å². The van der Waals surface area contributed by atoms with Crippen molar-refractivity contribution >= 4 is 38.6 Å². The molecule has 4 nitrogen and oxygen atoms in total. The average molecular weight is 335 g/mol. The molecule has 0 aliphatic carbocycles. The quantitative estimate of drug-likeness (QED) is 0.844. The summed E-state index contributed by atoms with van der Waals surface area (Å²) in [6.45, 7) is 1.58. The molecule has 2 aromatic rings. The van der Waals surface area contributed by atoms with Crippen LogP contribution in [0.1, 0.15) is 10.4 Å². The van der Waals surface area contributed by atoms with E-state index >= 15 is 0 Å². The van der Waals surface area contributed by atoms with Gasteiger partial charge in [-0.3, -0.25) is 0 Å². The topological polar surface area (TPSA) is 72.2 Å². The Hall–Kier alpha value is -1.15. The van der Waals surface area contributed by atoms with E-state index in [0.717, 1.165) is 10.9 Å². The number of hydrogen-bond donors (Lipinski definition) is 2. The summed E-state index contributed by atoms with van der Waals surface area (Å²) in [6, 6.07) is 5.77. The molecule has 2 rings (SSSR count). The van der Waals surface area contributed by atoms with Crippen LogP contribution in [0.5, 0.6) is 0 Å². The van der Waals surface area contributed by atoms with E-state index in [0.29, 0.717) is 4.34 Å². The van der Waals surface area contributed by atoms with Crippen LogP contribution in [0.3, 0.4) is 0 Å². The Morgan fingerprint density at radius 1 is 1.40 bits per heavy atom. The van der Waals surface area contributed by atoms with Crippen molar-refractivity contribution in [1.29, 1.82) is 0 Å². The first kappa shape index (κ1) is 15.2. The number of benzene rings is 1. The number of aryl methyl sites for hydroxylation is 1. The van der Waals surface area contributed by atoms with Gasteiger partial charge in [-0.1, -0.05) is 11.6 Å². The highest BCUT2D eigenvalue weighted by molar-refractivity contribution is 7.89. The summed E-state index contributed by atoms with van der Waals surface area (Å²) in [5, 5.41) is 0. The molecule has 0 bridgehead atoms. The van der Waals surface area contributed by atoms with Crippen LogP contribution in [-0.4, -0.2) is 8.42 Å². The van der Waals surface area contributed by atoms with Gasteiger partial charge in [0.15, 0.2) is 0 Å². The normalized spacial score (nSPS) is 11.8. The summed E-state index contributed by atoms with van der Waals surface area (Å²) < 4.78 is 40.6. The minimum atomic E-state index is -3.74. The lowest BCUT2D eigenvalue weighted by Crippen LogP contribution is -2.23. The molecule has 0 atom stereocenters. The van der Waals surface area contributed by atoms with E-state index in [9.17, 15) is 12.8 Å². The van der Waals surface area contributed by atoms with E-state index in [4.69, 9.17) is 17.3 Å². The molecular weight excluding hydrogens is 323 g/mol. The second kappa shape index (κ2) is 5.69. The molecule has 1 aromatic heterocycles. The van der Waals surface area contributed by atoms with Crippen molar-refractivity contribution in [2.45, 2.75) is 18.4 Å². The summed E-state index contributed by atoms with van der Waals surface area (Å²) >= 11 is 7.06. The van der Waals surface area contributed by atoms with Crippen molar-refractivity contribution < 1.29 is 12.8 Å². The Bertz CT molecular complexity index is 721. The minimum absolute atomic E-state index is 0.0587. The number of anilines is 1. The lowest BCUT2D eigenvalue weighted by Gasteiger charge is -2.08. The summed E-state index contributed by atoms with van der Waals surface area (Å²) in [5.74, 6) is -0.603. The molecular formula is C12H12ClFN2O2S2. The molecule has 0 spiro atoms. The van der Waals surface area contributed by atoms with Crippen LogP contribution < -0.4 is 10.5 Å². The zero-order valence-electron chi connectivity index (χ0n) is 10.5. The summed E-state index contributed by atoms with van der Waals surface area (Å²) in [7, 11) is -3.74. The maximum atomic E-state index is 13.4. The van der Waals surface area contributed by atoms with Crippen LogP contribution in [0.25, 0.3) is 0 Å². The molecule has 0 unspecified atom stereocenters. The SMILES string of the molecule is Cc1cc(S(=O)(=O)NCc2ccc(Cl)s2)cc(N)c1F. The molecule has 0 amide bonds. The third kappa shape index (κ3) is 3.29.